The van der Waals surface area contributed by atoms with Crippen molar-refractivity contribution in [1.29, 1.82) is 0 Å². The fraction of sp³-hybridized carbons (Fsp3) is 0.333. The standard InChI is InChI=1S/C12H15BrN4O/c1-3-17(4-2)12-15-11(18-16-12)9-7-8(14)5-6-10(9)13/h5-7H,3-4,14H2,1-2H3. The maximum absolute atomic E-state index is 5.76. The van der Waals surface area contributed by atoms with Crippen LogP contribution in [-0.2, 0) is 0 Å². The number of hydrogen-bond donors (Lipinski definition) is 1. The largest absolute Gasteiger partial charge is 0.399 e. The second-order valence-corrected chi connectivity index (χ2v) is 4.67. The summed E-state index contributed by atoms with van der Waals surface area (Å²) in [6.07, 6.45) is 0. The SMILES string of the molecule is CCN(CC)c1noc(-c2cc(N)ccc2Br)n1. The lowest BCUT2D eigenvalue weighted by Gasteiger charge is -2.14. The van der Waals surface area contributed by atoms with Gasteiger partial charge in [-0.1, -0.05) is 0 Å². The summed E-state index contributed by atoms with van der Waals surface area (Å²) >= 11 is 3.45. The molecule has 0 fully saturated rings. The molecule has 0 bridgehead atoms. The van der Waals surface area contributed by atoms with Gasteiger partial charge in [-0.2, -0.15) is 4.98 Å². The summed E-state index contributed by atoms with van der Waals surface area (Å²) in [5.74, 6) is 1.07. The molecule has 0 atom stereocenters. The van der Waals surface area contributed by atoms with E-state index in [0.29, 0.717) is 17.5 Å². The number of halogens is 1. The van der Waals surface area contributed by atoms with Gasteiger partial charge >= 0.3 is 0 Å². The van der Waals surface area contributed by atoms with Crippen molar-refractivity contribution in [2.45, 2.75) is 13.8 Å². The van der Waals surface area contributed by atoms with Crippen molar-refractivity contribution in [2.75, 3.05) is 23.7 Å². The minimum atomic E-state index is 0.469. The van der Waals surface area contributed by atoms with Crippen LogP contribution in [0.1, 0.15) is 13.8 Å². The molecular formula is C12H15BrN4O. The number of anilines is 2. The Morgan fingerprint density at radius 2 is 2.06 bits per heavy atom. The van der Waals surface area contributed by atoms with Gasteiger partial charge in [0.25, 0.3) is 11.8 Å². The molecule has 0 saturated carbocycles. The van der Waals surface area contributed by atoms with Gasteiger partial charge in [-0.05, 0) is 53.1 Å². The van der Waals surface area contributed by atoms with E-state index in [-0.39, 0.29) is 0 Å². The lowest BCUT2D eigenvalue weighted by atomic mass is 10.2. The smallest absolute Gasteiger partial charge is 0.266 e. The lowest BCUT2D eigenvalue weighted by molar-refractivity contribution is 0.429. The van der Waals surface area contributed by atoms with Crippen molar-refractivity contribution in [1.82, 2.24) is 10.1 Å². The van der Waals surface area contributed by atoms with Crippen molar-refractivity contribution < 1.29 is 4.52 Å². The second kappa shape index (κ2) is 5.39. The van der Waals surface area contributed by atoms with Gasteiger partial charge in [-0.3, -0.25) is 0 Å². The molecule has 1 heterocycles. The molecule has 2 aromatic rings. The van der Waals surface area contributed by atoms with Crippen LogP contribution in [-0.4, -0.2) is 23.2 Å². The Labute approximate surface area is 114 Å². The van der Waals surface area contributed by atoms with Crippen LogP contribution in [0.4, 0.5) is 11.6 Å². The molecule has 0 aliphatic heterocycles. The Balaban J connectivity index is 2.37. The molecule has 0 radical (unpaired) electrons. The molecule has 0 spiro atoms. The zero-order chi connectivity index (χ0) is 13.1. The minimum Gasteiger partial charge on any atom is -0.399 e. The zero-order valence-corrected chi connectivity index (χ0v) is 11.9. The van der Waals surface area contributed by atoms with Gasteiger partial charge in [-0.25, -0.2) is 0 Å². The van der Waals surface area contributed by atoms with Crippen molar-refractivity contribution in [2.24, 2.45) is 0 Å². The monoisotopic (exact) mass is 310 g/mol. The number of hydrogen-bond acceptors (Lipinski definition) is 5. The average Bonchev–Trinajstić information content (AvgIpc) is 2.83. The van der Waals surface area contributed by atoms with Crippen LogP contribution < -0.4 is 10.6 Å². The second-order valence-electron chi connectivity index (χ2n) is 3.81. The number of aromatic nitrogens is 2. The number of nitrogens with two attached hydrogens (primary N) is 1. The number of nitrogens with zero attached hydrogens (tertiary/aromatic N) is 3. The third kappa shape index (κ3) is 2.48. The van der Waals surface area contributed by atoms with Crippen LogP contribution in [0.3, 0.4) is 0 Å². The topological polar surface area (TPSA) is 68.2 Å². The van der Waals surface area contributed by atoms with E-state index in [1.807, 2.05) is 23.1 Å². The van der Waals surface area contributed by atoms with E-state index in [9.17, 15) is 0 Å². The molecule has 0 unspecified atom stereocenters. The maximum Gasteiger partial charge on any atom is 0.266 e. The Bertz CT molecular complexity index is 537. The van der Waals surface area contributed by atoms with Gasteiger partial charge in [-0.15, -0.1) is 0 Å². The molecule has 18 heavy (non-hydrogen) atoms. The molecule has 6 heteroatoms. The molecular weight excluding hydrogens is 296 g/mol. The predicted octanol–water partition coefficient (Wildman–Crippen LogP) is 2.93. The molecule has 0 amide bonds. The van der Waals surface area contributed by atoms with Crippen molar-refractivity contribution in [3.63, 3.8) is 0 Å². The van der Waals surface area contributed by atoms with Crippen LogP contribution in [0.15, 0.2) is 27.2 Å². The van der Waals surface area contributed by atoms with Crippen molar-refractivity contribution >= 4 is 27.6 Å². The number of rotatable bonds is 4. The quantitative estimate of drug-likeness (QED) is 0.879. The fourth-order valence-electron chi connectivity index (χ4n) is 1.67. The van der Waals surface area contributed by atoms with Crippen molar-refractivity contribution in [3.8, 4) is 11.5 Å². The summed E-state index contributed by atoms with van der Waals surface area (Å²) in [4.78, 5) is 6.41. The summed E-state index contributed by atoms with van der Waals surface area (Å²) in [5, 5.41) is 3.98. The predicted molar refractivity (Wildman–Crippen MR) is 75.4 cm³/mol. The molecule has 1 aromatic heterocycles. The van der Waals surface area contributed by atoms with E-state index < -0.39 is 0 Å². The summed E-state index contributed by atoms with van der Waals surface area (Å²) in [6.45, 7) is 5.78. The first-order valence-corrected chi connectivity index (χ1v) is 6.59. The van der Waals surface area contributed by atoms with Crippen LogP contribution in [0, 0.1) is 0 Å². The molecule has 0 saturated heterocycles. The molecule has 0 aliphatic rings. The van der Waals surface area contributed by atoms with E-state index in [2.05, 4.69) is 39.9 Å². The number of benzene rings is 1. The Morgan fingerprint density at radius 3 is 2.72 bits per heavy atom. The van der Waals surface area contributed by atoms with Crippen molar-refractivity contribution in [3.05, 3.63) is 22.7 Å². The Morgan fingerprint density at radius 1 is 1.33 bits per heavy atom. The molecule has 0 aliphatic carbocycles. The van der Waals surface area contributed by atoms with Crippen LogP contribution >= 0.6 is 15.9 Å². The van der Waals surface area contributed by atoms with Gasteiger partial charge in [0.15, 0.2) is 0 Å². The highest BCUT2D eigenvalue weighted by atomic mass is 79.9. The van der Waals surface area contributed by atoms with Gasteiger partial charge in [0.1, 0.15) is 0 Å². The third-order valence-electron chi connectivity index (χ3n) is 2.68. The minimum absolute atomic E-state index is 0.469. The highest BCUT2D eigenvalue weighted by Gasteiger charge is 2.15. The number of nitrogen functional groups attached to an aromatic ring is 1. The first kappa shape index (κ1) is 12.9. The highest BCUT2D eigenvalue weighted by molar-refractivity contribution is 9.10. The van der Waals surface area contributed by atoms with E-state index in [4.69, 9.17) is 10.3 Å². The fourth-order valence-corrected chi connectivity index (χ4v) is 2.08. The normalized spacial score (nSPS) is 10.6. The lowest BCUT2D eigenvalue weighted by Crippen LogP contribution is -2.22. The van der Waals surface area contributed by atoms with Gasteiger partial charge in [0, 0.05) is 23.2 Å². The molecule has 2 rings (SSSR count). The first-order valence-electron chi connectivity index (χ1n) is 5.79. The van der Waals surface area contributed by atoms with E-state index >= 15 is 0 Å². The van der Waals surface area contributed by atoms with Crippen LogP contribution in [0.2, 0.25) is 0 Å². The van der Waals surface area contributed by atoms with E-state index in [1.165, 1.54) is 0 Å². The first-order chi connectivity index (χ1) is 8.65. The molecule has 2 N–H and O–H groups in total. The highest BCUT2D eigenvalue weighted by Crippen LogP contribution is 2.29. The van der Waals surface area contributed by atoms with Crippen LogP contribution in [0.25, 0.3) is 11.5 Å². The van der Waals surface area contributed by atoms with Gasteiger partial charge in [0.05, 0.1) is 5.56 Å². The molecule has 1 aromatic carbocycles. The Kier molecular flexibility index (Phi) is 3.86. The average molecular weight is 311 g/mol. The van der Waals surface area contributed by atoms with Gasteiger partial charge < -0.3 is 15.2 Å². The van der Waals surface area contributed by atoms with Crippen LogP contribution in [0.5, 0.6) is 0 Å². The Hall–Kier alpha value is -1.56. The summed E-state index contributed by atoms with van der Waals surface area (Å²) in [6, 6.07) is 5.49. The van der Waals surface area contributed by atoms with E-state index in [1.54, 1.807) is 0 Å². The zero-order valence-electron chi connectivity index (χ0n) is 10.4. The summed E-state index contributed by atoms with van der Waals surface area (Å²) < 4.78 is 6.16. The van der Waals surface area contributed by atoms with Gasteiger partial charge in [0.2, 0.25) is 0 Å². The summed E-state index contributed by atoms with van der Waals surface area (Å²) in [7, 11) is 0. The van der Waals surface area contributed by atoms with E-state index in [0.717, 1.165) is 23.1 Å². The maximum atomic E-state index is 5.76. The molecule has 5 nitrogen and oxygen atoms in total. The molecule has 96 valence electrons. The summed E-state index contributed by atoms with van der Waals surface area (Å²) in [5.41, 5.74) is 7.23. The third-order valence-corrected chi connectivity index (χ3v) is 3.37.